The smallest absolute Gasteiger partial charge is 0.364 e. The van der Waals surface area contributed by atoms with Crippen LogP contribution < -0.4 is 10.6 Å². The quantitative estimate of drug-likeness (QED) is 0.0199. The van der Waals surface area contributed by atoms with Crippen LogP contribution >= 0.6 is 0 Å². The van der Waals surface area contributed by atoms with Gasteiger partial charge < -0.3 is 100 Å². The summed E-state index contributed by atoms with van der Waals surface area (Å²) < 4.78 is 35.0. The molecule has 3 aliphatic rings. The highest BCUT2D eigenvalue weighted by Gasteiger charge is 2.60. The van der Waals surface area contributed by atoms with Crippen molar-refractivity contribution in [2.24, 2.45) is 0 Å². The van der Waals surface area contributed by atoms with Crippen molar-refractivity contribution in [2.45, 2.75) is 452 Å². The van der Waals surface area contributed by atoms with Gasteiger partial charge in [-0.25, -0.2) is 4.79 Å². The Bertz CT molecular complexity index is 2180. The van der Waals surface area contributed by atoms with Crippen molar-refractivity contribution in [2.75, 3.05) is 26.4 Å². The van der Waals surface area contributed by atoms with E-state index in [9.17, 15) is 75.7 Å². The van der Waals surface area contributed by atoms with E-state index in [0.717, 1.165) is 64.7 Å². The van der Waals surface area contributed by atoms with Crippen LogP contribution in [0, 0.1) is 0 Å². The van der Waals surface area contributed by atoms with Gasteiger partial charge in [-0.05, 0) is 44.9 Å². The highest BCUT2D eigenvalue weighted by molar-refractivity contribution is 5.77. The van der Waals surface area contributed by atoms with Gasteiger partial charge in [-0.15, -0.1) is 0 Å². The van der Waals surface area contributed by atoms with Gasteiger partial charge in [0.1, 0.15) is 67.1 Å². The predicted molar refractivity (Wildman–Crippen MR) is 408 cm³/mol. The maximum absolute atomic E-state index is 13.6. The van der Waals surface area contributed by atoms with E-state index in [1.165, 1.54) is 231 Å². The third kappa shape index (κ3) is 40.8. The molecule has 0 aromatic heterocycles. The highest BCUT2D eigenvalue weighted by atomic mass is 16.8. The topological polar surface area (TPSA) is 373 Å². The van der Waals surface area contributed by atoms with Gasteiger partial charge in [0.05, 0.1) is 50.7 Å². The number of carbonyl (C=O) groups excluding carboxylic acids is 2. The van der Waals surface area contributed by atoms with Crippen LogP contribution in [0.25, 0.3) is 0 Å². The number of hydrogen-bond donors (Lipinski definition) is 14. The molecule has 3 heterocycles. The summed E-state index contributed by atoms with van der Waals surface area (Å²) in [5, 5.41) is 137. The van der Waals surface area contributed by atoms with E-state index in [4.69, 9.17) is 28.4 Å². The lowest BCUT2D eigenvalue weighted by atomic mass is 9.88. The number of aliphatic carboxylic acids is 1. The molecule has 23 nitrogen and oxygen atoms in total. The fourth-order valence-corrected chi connectivity index (χ4v) is 14.7. The van der Waals surface area contributed by atoms with Crippen LogP contribution in [0.3, 0.4) is 0 Å². The van der Waals surface area contributed by atoms with Crippen molar-refractivity contribution in [1.82, 2.24) is 10.6 Å². The number of unbranched alkanes of at least 4 members (excludes halogenated alkanes) is 43. The first-order valence-corrected chi connectivity index (χ1v) is 42.2. The molecule has 18 unspecified atom stereocenters. The molecule has 3 rings (SSSR count). The van der Waals surface area contributed by atoms with Gasteiger partial charge in [-0.3, -0.25) is 9.59 Å². The SMILES string of the molecule is CCCCCCCCCCCCC/C=C\C/C=C\CCCCCCCCCCCCCCCCCCCC(=O)NC(COC1OC(CO)C(OC2OC(CO)C(O)C(OC3(C(=O)O)CC(O)C(NC(C)=O)C(C(O)C(O)CO)O3)C2O)C(O)C1O)C(O)CCCCCCCCCCCCCCCCCC. The Kier molecular flexibility index (Phi) is 55.9. The Morgan fingerprint density at radius 3 is 1.33 bits per heavy atom. The lowest BCUT2D eigenvalue weighted by Gasteiger charge is -2.50. The first kappa shape index (κ1) is 96.4. The molecule has 616 valence electrons. The van der Waals surface area contributed by atoms with Crippen LogP contribution in [0.1, 0.15) is 342 Å². The van der Waals surface area contributed by atoms with Crippen LogP contribution in [-0.2, 0) is 42.8 Å². The van der Waals surface area contributed by atoms with Gasteiger partial charge in [0.2, 0.25) is 11.8 Å². The van der Waals surface area contributed by atoms with E-state index in [1.807, 2.05) is 0 Å². The van der Waals surface area contributed by atoms with Crippen LogP contribution in [0.15, 0.2) is 24.3 Å². The molecule has 3 saturated heterocycles. The minimum absolute atomic E-state index is 0.226. The lowest BCUT2D eigenvalue weighted by molar-refractivity contribution is -0.386. The Balaban J connectivity index is 1.43. The van der Waals surface area contributed by atoms with E-state index in [0.29, 0.717) is 19.3 Å². The lowest BCUT2D eigenvalue weighted by Crippen LogP contribution is -2.70. The first-order valence-electron chi connectivity index (χ1n) is 42.2. The summed E-state index contributed by atoms with van der Waals surface area (Å²) in [5.41, 5.74) is 0. The third-order valence-corrected chi connectivity index (χ3v) is 21.4. The molecule has 23 heteroatoms. The van der Waals surface area contributed by atoms with Crippen molar-refractivity contribution in [3.8, 4) is 0 Å². The van der Waals surface area contributed by atoms with Crippen molar-refractivity contribution in [1.29, 1.82) is 0 Å². The number of aliphatic hydroxyl groups excluding tert-OH is 11. The summed E-state index contributed by atoms with van der Waals surface area (Å²) in [6.07, 6.45) is 39.1. The number of carboxylic acids is 1. The second kappa shape index (κ2) is 60.9. The van der Waals surface area contributed by atoms with Gasteiger partial charge in [-0.1, -0.05) is 301 Å². The summed E-state index contributed by atoms with van der Waals surface area (Å²) in [7, 11) is 0. The molecule has 3 fully saturated rings. The zero-order valence-electron chi connectivity index (χ0n) is 65.3. The second-order valence-electron chi connectivity index (χ2n) is 30.7. The standard InChI is InChI=1S/C82H152N2O21/c1-4-6-8-10-12-14-16-18-20-22-23-24-25-26-27-28-29-30-31-32-33-34-35-36-37-38-39-40-42-44-46-48-50-52-54-56-69(92)84-63(64(89)55-53-51-49-47-45-43-41-21-19-17-15-13-11-9-7-5-2)61-100-79-74(96)73(95)76(68(60-87)102-79)103-80-75(97)78(72(94)67(59-86)101-80)105-82(81(98)99)57-65(90)70(83-62(3)88)77(104-82)71(93)66(91)58-85/h25-26,28-29,63-68,70-80,85-87,89-91,93-97H,4-24,27,30-61H2,1-3H3,(H,83,88)(H,84,92)(H,98,99)/b26-25-,29-28-. The molecule has 18 atom stereocenters. The van der Waals surface area contributed by atoms with E-state index >= 15 is 0 Å². The minimum atomic E-state index is -3.08. The number of allylic oxidation sites excluding steroid dienone is 4. The first-order chi connectivity index (χ1) is 50.9. The van der Waals surface area contributed by atoms with Crippen molar-refractivity contribution < 1.29 is 104 Å². The third-order valence-electron chi connectivity index (χ3n) is 21.4. The molecule has 0 radical (unpaired) electrons. The summed E-state index contributed by atoms with van der Waals surface area (Å²) in [6, 6.07) is -2.53. The fourth-order valence-electron chi connectivity index (χ4n) is 14.7. The van der Waals surface area contributed by atoms with Gasteiger partial charge in [0, 0.05) is 19.8 Å². The number of aliphatic hydroxyl groups is 11. The molecular formula is C82H152N2O21. The van der Waals surface area contributed by atoms with Gasteiger partial charge in [-0.2, -0.15) is 0 Å². The molecule has 0 saturated carbocycles. The molecule has 105 heavy (non-hydrogen) atoms. The summed E-state index contributed by atoms with van der Waals surface area (Å²) >= 11 is 0. The van der Waals surface area contributed by atoms with Crippen molar-refractivity contribution in [3.05, 3.63) is 24.3 Å². The van der Waals surface area contributed by atoms with Crippen LogP contribution in [0.4, 0.5) is 0 Å². The van der Waals surface area contributed by atoms with Crippen molar-refractivity contribution in [3.63, 3.8) is 0 Å². The molecular weight excluding hydrogens is 1350 g/mol. The molecule has 0 aliphatic carbocycles. The summed E-state index contributed by atoms with van der Waals surface area (Å²) in [4.78, 5) is 38.7. The molecule has 3 aliphatic heterocycles. The Hall–Kier alpha value is -2.79. The van der Waals surface area contributed by atoms with E-state index in [1.54, 1.807) is 0 Å². The van der Waals surface area contributed by atoms with Crippen LogP contribution in [0.5, 0.6) is 0 Å². The summed E-state index contributed by atoms with van der Waals surface area (Å²) in [6.45, 7) is 2.25. The van der Waals surface area contributed by atoms with Crippen molar-refractivity contribution >= 4 is 17.8 Å². The van der Waals surface area contributed by atoms with Crippen LogP contribution in [0.2, 0.25) is 0 Å². The Morgan fingerprint density at radius 2 is 0.914 bits per heavy atom. The maximum atomic E-state index is 13.6. The largest absolute Gasteiger partial charge is 0.477 e. The van der Waals surface area contributed by atoms with E-state index in [2.05, 4.69) is 48.8 Å². The van der Waals surface area contributed by atoms with E-state index in [-0.39, 0.29) is 18.9 Å². The second-order valence-corrected chi connectivity index (χ2v) is 30.7. The Labute approximate surface area is 632 Å². The van der Waals surface area contributed by atoms with Gasteiger partial charge in [0.15, 0.2) is 12.6 Å². The molecule has 0 aromatic rings. The molecule has 2 amide bonds. The minimum Gasteiger partial charge on any atom is -0.477 e. The average molecular weight is 1500 g/mol. The fraction of sp³-hybridized carbons (Fsp3) is 0.915. The average Bonchev–Trinajstić information content (AvgIpc) is 0.753. The van der Waals surface area contributed by atoms with Crippen LogP contribution in [-0.4, -0.2) is 215 Å². The number of nitrogens with one attached hydrogen (secondary N) is 2. The Morgan fingerprint density at radius 1 is 0.495 bits per heavy atom. The summed E-state index contributed by atoms with van der Waals surface area (Å²) in [5.74, 6) is -6.09. The molecule has 0 bridgehead atoms. The zero-order valence-corrected chi connectivity index (χ0v) is 65.3. The monoisotopic (exact) mass is 1500 g/mol. The van der Waals surface area contributed by atoms with Gasteiger partial charge in [0.25, 0.3) is 5.79 Å². The normalized spacial score (nSPS) is 26.3. The molecule has 0 aromatic carbocycles. The maximum Gasteiger partial charge on any atom is 0.364 e. The van der Waals surface area contributed by atoms with E-state index < -0.39 is 148 Å². The number of carbonyl (C=O) groups is 3. The number of carboxylic acid groups (broad SMARTS) is 1. The predicted octanol–water partition coefficient (Wildman–Crippen LogP) is 11.9. The number of hydrogen-bond acceptors (Lipinski definition) is 20. The highest BCUT2D eigenvalue weighted by Crippen LogP contribution is 2.39. The molecule has 14 N–H and O–H groups in total. The number of ether oxygens (including phenoxy) is 6. The number of amides is 2. The molecule has 0 spiro atoms. The number of rotatable bonds is 67. The zero-order chi connectivity index (χ0) is 76.7. The van der Waals surface area contributed by atoms with Gasteiger partial charge >= 0.3 is 5.97 Å².